The zero-order chi connectivity index (χ0) is 23.8. The van der Waals surface area contributed by atoms with Crippen LogP contribution in [0.2, 0.25) is 0 Å². The molecule has 6 rings (SSSR count). The lowest BCUT2D eigenvalue weighted by Crippen LogP contribution is -1.97. The van der Waals surface area contributed by atoms with E-state index >= 15 is 0 Å². The van der Waals surface area contributed by atoms with Gasteiger partial charge in [0, 0.05) is 58.6 Å². The van der Waals surface area contributed by atoms with Crippen molar-refractivity contribution in [1.29, 1.82) is 0 Å². The Labute approximate surface area is 201 Å². The Bertz CT molecular complexity index is 1680. The van der Waals surface area contributed by atoms with Crippen molar-refractivity contribution in [2.24, 2.45) is 0 Å². The van der Waals surface area contributed by atoms with Gasteiger partial charge in [0.25, 0.3) is 0 Å². The van der Waals surface area contributed by atoms with Gasteiger partial charge in [-0.15, -0.1) is 0 Å². The predicted molar refractivity (Wildman–Crippen MR) is 138 cm³/mol. The number of nitrogens with one attached hydrogen (secondary N) is 3. The van der Waals surface area contributed by atoms with Gasteiger partial charge < -0.3 is 10.3 Å². The lowest BCUT2D eigenvalue weighted by Gasteiger charge is -2.09. The van der Waals surface area contributed by atoms with Crippen LogP contribution in [0.3, 0.4) is 0 Å². The molecule has 0 aromatic carbocycles. The number of aromatic amines is 2. The summed E-state index contributed by atoms with van der Waals surface area (Å²) in [5, 5.41) is 12.8. The number of H-pyrrole nitrogens is 2. The van der Waals surface area contributed by atoms with Crippen molar-refractivity contribution in [2.75, 3.05) is 5.32 Å². The number of pyridine rings is 4. The molecule has 8 heteroatoms. The summed E-state index contributed by atoms with van der Waals surface area (Å²) in [6.07, 6.45) is 11.7. The van der Waals surface area contributed by atoms with Gasteiger partial charge in [0.2, 0.25) is 0 Å². The molecule has 170 valence electrons. The monoisotopic (exact) mass is 458 g/mol. The van der Waals surface area contributed by atoms with Gasteiger partial charge in [-0.2, -0.15) is 5.10 Å². The van der Waals surface area contributed by atoms with Crippen LogP contribution in [0.15, 0.2) is 85.9 Å². The molecular weight excluding hydrogens is 436 g/mol. The van der Waals surface area contributed by atoms with Crippen LogP contribution in [0.25, 0.3) is 55.7 Å². The minimum Gasteiger partial charge on any atom is -0.358 e. The highest BCUT2D eigenvalue weighted by Crippen LogP contribution is 2.34. The Hall–Kier alpha value is -4.85. The smallest absolute Gasteiger partial charge is 0.181 e. The lowest BCUT2D eigenvalue weighted by atomic mass is 10.0. The van der Waals surface area contributed by atoms with E-state index in [1.165, 1.54) is 0 Å². The molecule has 0 unspecified atom stereocenters. The molecule has 0 aliphatic heterocycles. The van der Waals surface area contributed by atoms with Crippen LogP contribution < -0.4 is 5.32 Å². The van der Waals surface area contributed by atoms with Gasteiger partial charge in [0.15, 0.2) is 5.65 Å². The molecule has 6 aromatic rings. The standard InChI is InChI=1S/C27H22N8/c1-3-16(2)32-20-10-18(13-29-15-20)19-11-23-25(34-35-27(23)31-14-19)24-12-22-21(6-9-30-26(22)33-24)17-4-7-28-8-5-17/h4-15,32H,2-3H2,1H3,(H,30,33)(H,31,34,35). The summed E-state index contributed by atoms with van der Waals surface area (Å²) in [6, 6.07) is 12.2. The van der Waals surface area contributed by atoms with Crippen LogP contribution in [0.4, 0.5) is 5.69 Å². The summed E-state index contributed by atoms with van der Waals surface area (Å²) >= 11 is 0. The van der Waals surface area contributed by atoms with Crippen LogP contribution >= 0.6 is 0 Å². The number of aromatic nitrogens is 7. The third kappa shape index (κ3) is 3.80. The van der Waals surface area contributed by atoms with Crippen LogP contribution in [0, 0.1) is 0 Å². The number of nitrogens with zero attached hydrogens (tertiary/aromatic N) is 5. The van der Waals surface area contributed by atoms with E-state index in [0.29, 0.717) is 5.65 Å². The number of hydrogen-bond donors (Lipinski definition) is 3. The number of allylic oxidation sites excluding steroid dienone is 1. The van der Waals surface area contributed by atoms with E-state index in [9.17, 15) is 0 Å². The normalized spacial score (nSPS) is 11.2. The van der Waals surface area contributed by atoms with Gasteiger partial charge in [-0.3, -0.25) is 15.1 Å². The molecule has 6 aromatic heterocycles. The first-order valence-electron chi connectivity index (χ1n) is 11.3. The number of fused-ring (bicyclic) bond motifs is 2. The molecule has 0 radical (unpaired) electrons. The highest BCUT2D eigenvalue weighted by atomic mass is 15.2. The SMILES string of the molecule is C=C(CC)Nc1cncc(-c2cnc3n[nH]c(-c4cc5c(-c6ccncc6)ccnc5[nH]4)c3c2)c1. The summed E-state index contributed by atoms with van der Waals surface area (Å²) in [5.41, 5.74) is 9.11. The zero-order valence-corrected chi connectivity index (χ0v) is 19.1. The molecule has 0 aliphatic carbocycles. The first-order valence-corrected chi connectivity index (χ1v) is 11.3. The average Bonchev–Trinajstić information content (AvgIpc) is 3.53. The minimum absolute atomic E-state index is 0.645. The van der Waals surface area contributed by atoms with Crippen molar-refractivity contribution >= 4 is 27.8 Å². The molecule has 0 bridgehead atoms. The van der Waals surface area contributed by atoms with Crippen molar-refractivity contribution in [1.82, 2.24) is 35.1 Å². The second kappa shape index (κ2) is 8.49. The average molecular weight is 459 g/mol. The second-order valence-electron chi connectivity index (χ2n) is 8.28. The molecule has 6 heterocycles. The molecule has 8 nitrogen and oxygen atoms in total. The summed E-state index contributed by atoms with van der Waals surface area (Å²) in [5.74, 6) is 0. The van der Waals surface area contributed by atoms with Gasteiger partial charge in [-0.05, 0) is 53.9 Å². The Morgan fingerprint density at radius 3 is 2.60 bits per heavy atom. The molecule has 0 saturated carbocycles. The maximum Gasteiger partial charge on any atom is 0.181 e. The van der Waals surface area contributed by atoms with Crippen molar-refractivity contribution < 1.29 is 0 Å². The first kappa shape index (κ1) is 20.7. The van der Waals surface area contributed by atoms with E-state index in [0.717, 1.165) is 67.9 Å². The highest BCUT2D eigenvalue weighted by molar-refractivity contribution is 5.99. The summed E-state index contributed by atoms with van der Waals surface area (Å²) in [4.78, 5) is 21.1. The molecule has 0 atom stereocenters. The fourth-order valence-corrected chi connectivity index (χ4v) is 4.17. The Balaban J connectivity index is 1.43. The van der Waals surface area contributed by atoms with E-state index in [1.807, 2.05) is 42.9 Å². The molecule has 0 spiro atoms. The molecular formula is C27H22N8. The minimum atomic E-state index is 0.645. The summed E-state index contributed by atoms with van der Waals surface area (Å²) < 4.78 is 0. The van der Waals surface area contributed by atoms with Gasteiger partial charge in [-0.1, -0.05) is 13.5 Å². The van der Waals surface area contributed by atoms with E-state index in [2.05, 4.69) is 66.1 Å². The third-order valence-electron chi connectivity index (χ3n) is 6.02. The first-order chi connectivity index (χ1) is 17.2. The number of hydrogen-bond acceptors (Lipinski definition) is 6. The summed E-state index contributed by atoms with van der Waals surface area (Å²) in [6.45, 7) is 6.08. The van der Waals surface area contributed by atoms with Crippen molar-refractivity contribution in [3.8, 4) is 33.6 Å². The van der Waals surface area contributed by atoms with Gasteiger partial charge >= 0.3 is 0 Å². The molecule has 0 amide bonds. The van der Waals surface area contributed by atoms with Crippen LogP contribution in [0.5, 0.6) is 0 Å². The Morgan fingerprint density at radius 2 is 1.74 bits per heavy atom. The molecule has 0 aliphatic rings. The van der Waals surface area contributed by atoms with Crippen LogP contribution in [-0.4, -0.2) is 35.1 Å². The fourth-order valence-electron chi connectivity index (χ4n) is 4.17. The van der Waals surface area contributed by atoms with Crippen LogP contribution in [-0.2, 0) is 0 Å². The zero-order valence-electron chi connectivity index (χ0n) is 19.1. The highest BCUT2D eigenvalue weighted by Gasteiger charge is 2.15. The fraction of sp³-hybridized carbons (Fsp3) is 0.0741. The predicted octanol–water partition coefficient (Wildman–Crippen LogP) is 5.96. The number of rotatable bonds is 6. The molecule has 0 saturated heterocycles. The maximum absolute atomic E-state index is 4.58. The summed E-state index contributed by atoms with van der Waals surface area (Å²) in [7, 11) is 0. The van der Waals surface area contributed by atoms with Crippen molar-refractivity contribution in [3.63, 3.8) is 0 Å². The van der Waals surface area contributed by atoms with E-state index in [-0.39, 0.29) is 0 Å². The van der Waals surface area contributed by atoms with Crippen molar-refractivity contribution in [3.05, 3.63) is 85.9 Å². The maximum atomic E-state index is 4.58. The lowest BCUT2D eigenvalue weighted by molar-refractivity contribution is 1.10. The van der Waals surface area contributed by atoms with E-state index in [4.69, 9.17) is 0 Å². The van der Waals surface area contributed by atoms with E-state index in [1.54, 1.807) is 18.6 Å². The molecule has 3 N–H and O–H groups in total. The van der Waals surface area contributed by atoms with Gasteiger partial charge in [0.05, 0.1) is 23.3 Å². The van der Waals surface area contributed by atoms with Crippen LogP contribution in [0.1, 0.15) is 13.3 Å². The number of anilines is 1. The third-order valence-corrected chi connectivity index (χ3v) is 6.02. The second-order valence-corrected chi connectivity index (χ2v) is 8.28. The molecule has 35 heavy (non-hydrogen) atoms. The molecule has 0 fully saturated rings. The van der Waals surface area contributed by atoms with Crippen molar-refractivity contribution in [2.45, 2.75) is 13.3 Å². The Morgan fingerprint density at radius 1 is 0.886 bits per heavy atom. The van der Waals surface area contributed by atoms with E-state index < -0.39 is 0 Å². The Kier molecular flexibility index (Phi) is 5.03. The topological polar surface area (TPSA) is 108 Å². The van der Waals surface area contributed by atoms with Gasteiger partial charge in [-0.25, -0.2) is 9.97 Å². The van der Waals surface area contributed by atoms with Gasteiger partial charge in [0.1, 0.15) is 5.65 Å². The largest absolute Gasteiger partial charge is 0.358 e. The quantitative estimate of drug-likeness (QED) is 0.284.